The van der Waals surface area contributed by atoms with Crippen molar-refractivity contribution in [3.63, 3.8) is 0 Å². The average Bonchev–Trinajstić information content (AvgIpc) is 3.33. The molecule has 1 amide bonds. The molecule has 7 heteroatoms. The Morgan fingerprint density at radius 3 is 2.69 bits per heavy atom. The molecule has 0 atom stereocenters. The van der Waals surface area contributed by atoms with E-state index in [2.05, 4.69) is 10.2 Å². The van der Waals surface area contributed by atoms with E-state index in [0.29, 0.717) is 36.6 Å². The zero-order valence-corrected chi connectivity index (χ0v) is 15.6. The molecular formula is C19H18ClN3O2S. The van der Waals surface area contributed by atoms with Gasteiger partial charge in [-0.2, -0.15) is 5.10 Å². The molecule has 26 heavy (non-hydrogen) atoms. The number of likely N-dealkylation sites (tertiary alicyclic amines) is 1. The molecule has 2 aromatic heterocycles. The number of aliphatic hydroxyl groups is 1. The van der Waals surface area contributed by atoms with Crippen molar-refractivity contribution in [1.29, 1.82) is 0 Å². The second-order valence-electron chi connectivity index (χ2n) is 6.45. The van der Waals surface area contributed by atoms with Crippen LogP contribution >= 0.6 is 22.9 Å². The summed E-state index contributed by atoms with van der Waals surface area (Å²) in [6.45, 7) is 0.920. The zero-order valence-electron chi connectivity index (χ0n) is 14.0. The first-order valence-corrected chi connectivity index (χ1v) is 9.68. The van der Waals surface area contributed by atoms with Crippen LogP contribution in [-0.2, 0) is 5.60 Å². The largest absolute Gasteiger partial charge is 0.385 e. The first-order chi connectivity index (χ1) is 12.6. The van der Waals surface area contributed by atoms with Gasteiger partial charge in [0.1, 0.15) is 0 Å². The molecule has 5 nitrogen and oxygen atoms in total. The number of carbonyl (C=O) groups is 1. The Hall–Kier alpha value is -2.15. The van der Waals surface area contributed by atoms with Crippen molar-refractivity contribution >= 4 is 28.8 Å². The second-order valence-corrected chi connectivity index (χ2v) is 7.80. The SMILES string of the molecule is O=C(c1cc(-c2cccs2)[nH]n1)N1CCC(O)(c2ccccc2Cl)CC1. The third kappa shape index (κ3) is 3.16. The Kier molecular flexibility index (Phi) is 4.56. The third-order valence-electron chi connectivity index (χ3n) is 4.84. The summed E-state index contributed by atoms with van der Waals surface area (Å²) in [6.07, 6.45) is 0.898. The minimum Gasteiger partial charge on any atom is -0.385 e. The lowest BCUT2D eigenvalue weighted by Gasteiger charge is -2.38. The molecule has 1 aliphatic rings. The third-order valence-corrected chi connectivity index (χ3v) is 6.07. The Bertz CT molecular complexity index is 915. The quantitative estimate of drug-likeness (QED) is 0.715. The summed E-state index contributed by atoms with van der Waals surface area (Å²) in [6, 6.07) is 13.1. The molecule has 0 radical (unpaired) electrons. The lowest BCUT2D eigenvalue weighted by molar-refractivity contribution is -0.0211. The number of hydrogen-bond donors (Lipinski definition) is 2. The van der Waals surface area contributed by atoms with Gasteiger partial charge in [0.25, 0.3) is 5.91 Å². The Morgan fingerprint density at radius 1 is 1.23 bits per heavy atom. The number of aromatic amines is 1. The van der Waals surface area contributed by atoms with Crippen LogP contribution < -0.4 is 0 Å². The van der Waals surface area contributed by atoms with Crippen molar-refractivity contribution in [3.05, 3.63) is 64.1 Å². The highest BCUT2D eigenvalue weighted by atomic mass is 35.5. The number of carbonyl (C=O) groups excluding carboxylic acids is 1. The van der Waals surface area contributed by atoms with Crippen LogP contribution in [-0.4, -0.2) is 39.2 Å². The Balaban J connectivity index is 1.46. The predicted molar refractivity (Wildman–Crippen MR) is 102 cm³/mol. The lowest BCUT2D eigenvalue weighted by atomic mass is 9.84. The summed E-state index contributed by atoms with van der Waals surface area (Å²) in [5, 5.41) is 20.6. The highest BCUT2D eigenvalue weighted by Crippen LogP contribution is 2.37. The molecule has 2 N–H and O–H groups in total. The minimum absolute atomic E-state index is 0.120. The molecule has 3 heterocycles. The molecule has 1 fully saturated rings. The van der Waals surface area contributed by atoms with Crippen molar-refractivity contribution in [2.24, 2.45) is 0 Å². The lowest BCUT2D eigenvalue weighted by Crippen LogP contribution is -2.45. The van der Waals surface area contributed by atoms with Crippen LogP contribution in [0.2, 0.25) is 5.02 Å². The van der Waals surface area contributed by atoms with Crippen LogP contribution in [0.25, 0.3) is 10.6 Å². The van der Waals surface area contributed by atoms with Crippen molar-refractivity contribution in [3.8, 4) is 10.6 Å². The number of halogens is 1. The van der Waals surface area contributed by atoms with E-state index in [1.54, 1.807) is 28.4 Å². The number of nitrogens with one attached hydrogen (secondary N) is 1. The van der Waals surface area contributed by atoms with Gasteiger partial charge in [0.2, 0.25) is 0 Å². The van der Waals surface area contributed by atoms with Crippen molar-refractivity contribution in [2.75, 3.05) is 13.1 Å². The molecule has 0 bridgehead atoms. The van der Waals surface area contributed by atoms with Gasteiger partial charge < -0.3 is 10.0 Å². The van der Waals surface area contributed by atoms with E-state index in [0.717, 1.165) is 16.1 Å². The molecule has 134 valence electrons. The van der Waals surface area contributed by atoms with Crippen molar-refractivity contribution in [2.45, 2.75) is 18.4 Å². The van der Waals surface area contributed by atoms with E-state index in [9.17, 15) is 9.90 Å². The van der Waals surface area contributed by atoms with E-state index in [4.69, 9.17) is 11.6 Å². The highest BCUT2D eigenvalue weighted by Gasteiger charge is 2.37. The van der Waals surface area contributed by atoms with Gasteiger partial charge in [-0.1, -0.05) is 35.9 Å². The summed E-state index contributed by atoms with van der Waals surface area (Å²) < 4.78 is 0. The van der Waals surface area contributed by atoms with Gasteiger partial charge in [-0.3, -0.25) is 9.89 Å². The van der Waals surface area contributed by atoms with Gasteiger partial charge in [0, 0.05) is 23.7 Å². The van der Waals surface area contributed by atoms with E-state index in [-0.39, 0.29) is 5.91 Å². The topological polar surface area (TPSA) is 69.2 Å². The fourth-order valence-corrected chi connectivity index (χ4v) is 4.34. The summed E-state index contributed by atoms with van der Waals surface area (Å²) in [5.41, 5.74) is 0.973. The standard InChI is InChI=1S/C19H18ClN3O2S/c20-14-5-2-1-4-13(14)19(25)7-9-23(10-8-19)18(24)16-12-15(21-22-16)17-6-3-11-26-17/h1-6,11-12,25H,7-10H2,(H,21,22). The van der Waals surface area contributed by atoms with E-state index >= 15 is 0 Å². The summed E-state index contributed by atoms with van der Waals surface area (Å²) in [4.78, 5) is 15.5. The summed E-state index contributed by atoms with van der Waals surface area (Å²) in [7, 11) is 0. The fourth-order valence-electron chi connectivity index (χ4n) is 3.34. The maximum atomic E-state index is 12.7. The molecule has 3 aromatic rings. The average molecular weight is 388 g/mol. The van der Waals surface area contributed by atoms with E-state index < -0.39 is 5.60 Å². The van der Waals surface area contributed by atoms with Gasteiger partial charge in [0.05, 0.1) is 16.2 Å². The molecule has 4 rings (SSSR count). The molecule has 1 aliphatic heterocycles. The van der Waals surface area contributed by atoms with Gasteiger partial charge in [-0.15, -0.1) is 11.3 Å². The first kappa shape index (κ1) is 17.3. The zero-order chi connectivity index (χ0) is 18.1. The van der Waals surface area contributed by atoms with Crippen LogP contribution in [0.15, 0.2) is 47.8 Å². The second kappa shape index (κ2) is 6.87. The van der Waals surface area contributed by atoms with Gasteiger partial charge in [-0.05, 0) is 36.4 Å². The number of amides is 1. The number of aromatic nitrogens is 2. The smallest absolute Gasteiger partial charge is 0.274 e. The Morgan fingerprint density at radius 2 is 2.00 bits per heavy atom. The maximum absolute atomic E-state index is 12.7. The van der Waals surface area contributed by atoms with Crippen LogP contribution in [0.1, 0.15) is 28.9 Å². The number of benzene rings is 1. The minimum atomic E-state index is -0.997. The number of rotatable bonds is 3. The highest BCUT2D eigenvalue weighted by molar-refractivity contribution is 7.13. The van der Waals surface area contributed by atoms with Gasteiger partial charge in [-0.25, -0.2) is 0 Å². The number of thiophene rings is 1. The van der Waals surface area contributed by atoms with Crippen molar-refractivity contribution < 1.29 is 9.90 Å². The normalized spacial score (nSPS) is 16.6. The summed E-state index contributed by atoms with van der Waals surface area (Å²) in [5.74, 6) is -0.120. The number of piperidine rings is 1. The monoisotopic (exact) mass is 387 g/mol. The molecular weight excluding hydrogens is 370 g/mol. The number of H-pyrrole nitrogens is 1. The van der Waals surface area contributed by atoms with Crippen LogP contribution in [0.5, 0.6) is 0 Å². The first-order valence-electron chi connectivity index (χ1n) is 8.43. The molecule has 1 saturated heterocycles. The molecule has 0 spiro atoms. The number of nitrogens with zero attached hydrogens (tertiary/aromatic N) is 2. The maximum Gasteiger partial charge on any atom is 0.274 e. The van der Waals surface area contributed by atoms with Crippen molar-refractivity contribution in [1.82, 2.24) is 15.1 Å². The molecule has 0 aliphatic carbocycles. The van der Waals surface area contributed by atoms with E-state index in [1.165, 1.54) is 0 Å². The van der Waals surface area contributed by atoms with Crippen LogP contribution in [0.3, 0.4) is 0 Å². The van der Waals surface area contributed by atoms with Crippen LogP contribution in [0.4, 0.5) is 0 Å². The molecule has 0 unspecified atom stereocenters. The van der Waals surface area contributed by atoms with Crippen LogP contribution in [0, 0.1) is 0 Å². The fraction of sp³-hybridized carbons (Fsp3) is 0.263. The summed E-state index contributed by atoms with van der Waals surface area (Å²) >= 11 is 7.83. The van der Waals surface area contributed by atoms with Gasteiger partial charge in [0.15, 0.2) is 5.69 Å². The van der Waals surface area contributed by atoms with E-state index in [1.807, 2.05) is 35.7 Å². The Labute approximate surface area is 160 Å². The molecule has 1 aromatic carbocycles. The predicted octanol–water partition coefficient (Wildman–Crippen LogP) is 3.92. The number of hydrogen-bond acceptors (Lipinski definition) is 4. The molecule has 0 saturated carbocycles. The van der Waals surface area contributed by atoms with Gasteiger partial charge >= 0.3 is 0 Å².